The molecule has 1 aromatic carbocycles. The van der Waals surface area contributed by atoms with Crippen LogP contribution in [0.25, 0.3) is 0 Å². The Bertz CT molecular complexity index is 801. The molecule has 2 aromatic rings. The molecule has 0 saturated heterocycles. The third-order valence-electron chi connectivity index (χ3n) is 4.24. The summed E-state index contributed by atoms with van der Waals surface area (Å²) in [5, 5.41) is 18.7. The van der Waals surface area contributed by atoms with Gasteiger partial charge in [-0.15, -0.1) is 0 Å². The molecule has 1 N–H and O–H groups in total. The molecule has 3 rings (SSSR count). The van der Waals surface area contributed by atoms with Crippen LogP contribution in [-0.2, 0) is 6.42 Å². The number of aromatic hydroxyl groups is 1. The SMILES string of the molecule is CCC1c2ccc(F)c(F)c2CCN1c1cc(O)c(C#N)cn1. The lowest BCUT2D eigenvalue weighted by Crippen LogP contribution is -2.36. The highest BCUT2D eigenvalue weighted by Crippen LogP contribution is 2.37. The molecular weight excluding hydrogens is 300 g/mol. The molecule has 0 amide bonds. The number of hydrogen-bond donors (Lipinski definition) is 1. The molecule has 23 heavy (non-hydrogen) atoms. The van der Waals surface area contributed by atoms with Crippen LogP contribution >= 0.6 is 0 Å². The first-order valence-electron chi connectivity index (χ1n) is 7.39. The van der Waals surface area contributed by atoms with Gasteiger partial charge in [0.2, 0.25) is 0 Å². The van der Waals surface area contributed by atoms with E-state index < -0.39 is 11.6 Å². The van der Waals surface area contributed by atoms with E-state index in [1.165, 1.54) is 12.3 Å². The van der Waals surface area contributed by atoms with Gasteiger partial charge in [0.15, 0.2) is 11.6 Å². The second-order valence-corrected chi connectivity index (χ2v) is 5.47. The third kappa shape index (κ3) is 2.48. The number of benzene rings is 1. The first-order valence-corrected chi connectivity index (χ1v) is 7.39. The number of halogens is 2. The summed E-state index contributed by atoms with van der Waals surface area (Å²) in [5.74, 6) is -1.23. The van der Waals surface area contributed by atoms with Crippen molar-refractivity contribution in [3.05, 3.63) is 52.7 Å². The van der Waals surface area contributed by atoms with Crippen molar-refractivity contribution in [1.29, 1.82) is 5.26 Å². The van der Waals surface area contributed by atoms with Crippen molar-refractivity contribution >= 4 is 5.82 Å². The normalized spacial score (nSPS) is 16.8. The van der Waals surface area contributed by atoms with E-state index in [2.05, 4.69) is 4.98 Å². The number of nitrogens with zero attached hydrogens (tertiary/aromatic N) is 3. The summed E-state index contributed by atoms with van der Waals surface area (Å²) >= 11 is 0. The zero-order chi connectivity index (χ0) is 16.6. The van der Waals surface area contributed by atoms with Crippen LogP contribution in [0.15, 0.2) is 24.4 Å². The number of pyridine rings is 1. The van der Waals surface area contributed by atoms with Crippen molar-refractivity contribution < 1.29 is 13.9 Å². The number of rotatable bonds is 2. The van der Waals surface area contributed by atoms with Crippen molar-refractivity contribution in [2.45, 2.75) is 25.8 Å². The van der Waals surface area contributed by atoms with Gasteiger partial charge in [0, 0.05) is 12.6 Å². The summed E-state index contributed by atoms with van der Waals surface area (Å²) in [4.78, 5) is 6.17. The maximum absolute atomic E-state index is 14.0. The zero-order valence-electron chi connectivity index (χ0n) is 12.6. The highest BCUT2D eigenvalue weighted by molar-refractivity contribution is 5.54. The predicted octanol–water partition coefficient (Wildman–Crippen LogP) is 3.45. The summed E-state index contributed by atoms with van der Waals surface area (Å²) in [5.41, 5.74) is 1.25. The fraction of sp³-hybridized carbons (Fsp3) is 0.294. The van der Waals surface area contributed by atoms with Gasteiger partial charge < -0.3 is 10.0 Å². The van der Waals surface area contributed by atoms with Crippen LogP contribution in [0.4, 0.5) is 14.6 Å². The standard InChI is InChI=1S/C17H15F2N3O/c1-2-14-11-3-4-13(18)17(19)12(11)5-6-22(14)16-7-15(23)10(8-20)9-21-16/h3-4,7,9,14H,2,5-6H2,1H3,(H,21,23). The van der Waals surface area contributed by atoms with Crippen LogP contribution in [0.2, 0.25) is 0 Å². The first kappa shape index (κ1) is 15.2. The van der Waals surface area contributed by atoms with Crippen LogP contribution in [0.5, 0.6) is 5.75 Å². The van der Waals surface area contributed by atoms with Gasteiger partial charge in [-0.25, -0.2) is 13.8 Å². The highest BCUT2D eigenvalue weighted by Gasteiger charge is 2.30. The average molecular weight is 315 g/mol. The second kappa shape index (κ2) is 5.84. The average Bonchev–Trinajstić information content (AvgIpc) is 2.57. The second-order valence-electron chi connectivity index (χ2n) is 5.47. The lowest BCUT2D eigenvalue weighted by Gasteiger charge is -2.38. The fourth-order valence-corrected chi connectivity index (χ4v) is 3.12. The van der Waals surface area contributed by atoms with Gasteiger partial charge in [-0.3, -0.25) is 0 Å². The van der Waals surface area contributed by atoms with E-state index in [1.807, 2.05) is 17.9 Å². The van der Waals surface area contributed by atoms with Crippen molar-refractivity contribution in [2.24, 2.45) is 0 Å². The summed E-state index contributed by atoms with van der Waals surface area (Å²) in [6.07, 6.45) is 2.36. The summed E-state index contributed by atoms with van der Waals surface area (Å²) < 4.78 is 27.4. The molecule has 0 fully saturated rings. The summed E-state index contributed by atoms with van der Waals surface area (Å²) in [6, 6.07) is 5.89. The Kier molecular flexibility index (Phi) is 3.87. The Hall–Kier alpha value is -2.68. The maximum Gasteiger partial charge on any atom is 0.162 e. The Morgan fingerprint density at radius 1 is 1.43 bits per heavy atom. The maximum atomic E-state index is 14.0. The summed E-state index contributed by atoms with van der Waals surface area (Å²) in [7, 11) is 0. The molecule has 1 atom stereocenters. The lowest BCUT2D eigenvalue weighted by atomic mass is 9.90. The first-order chi connectivity index (χ1) is 11.1. The third-order valence-corrected chi connectivity index (χ3v) is 4.24. The van der Waals surface area contributed by atoms with E-state index in [1.54, 1.807) is 6.07 Å². The molecule has 0 aliphatic carbocycles. The number of nitriles is 1. The Morgan fingerprint density at radius 2 is 2.22 bits per heavy atom. The van der Waals surface area contributed by atoms with E-state index in [-0.39, 0.29) is 17.4 Å². The zero-order valence-corrected chi connectivity index (χ0v) is 12.6. The van der Waals surface area contributed by atoms with Gasteiger partial charge >= 0.3 is 0 Å². The predicted molar refractivity (Wildman–Crippen MR) is 81.1 cm³/mol. The Balaban J connectivity index is 2.04. The van der Waals surface area contributed by atoms with Crippen LogP contribution in [0.1, 0.15) is 36.1 Å². The number of anilines is 1. The molecular formula is C17H15F2N3O. The van der Waals surface area contributed by atoms with Crippen LogP contribution < -0.4 is 4.90 Å². The Morgan fingerprint density at radius 3 is 2.87 bits per heavy atom. The molecule has 0 spiro atoms. The molecule has 1 aliphatic heterocycles. The largest absolute Gasteiger partial charge is 0.506 e. The van der Waals surface area contributed by atoms with Crippen molar-refractivity contribution in [3.8, 4) is 11.8 Å². The molecule has 118 valence electrons. The van der Waals surface area contributed by atoms with Crippen LogP contribution in [0, 0.1) is 23.0 Å². The molecule has 0 bridgehead atoms. The minimum atomic E-state index is -0.832. The van der Waals surface area contributed by atoms with Crippen LogP contribution in [0.3, 0.4) is 0 Å². The fourth-order valence-electron chi connectivity index (χ4n) is 3.12. The van der Waals surface area contributed by atoms with Crippen LogP contribution in [-0.4, -0.2) is 16.6 Å². The minimum Gasteiger partial charge on any atom is -0.506 e. The van der Waals surface area contributed by atoms with Crippen molar-refractivity contribution in [3.63, 3.8) is 0 Å². The monoisotopic (exact) mass is 315 g/mol. The van der Waals surface area contributed by atoms with E-state index in [0.717, 1.165) is 11.6 Å². The smallest absolute Gasteiger partial charge is 0.162 e. The molecule has 0 radical (unpaired) electrons. The minimum absolute atomic E-state index is 0.104. The lowest BCUT2D eigenvalue weighted by molar-refractivity contribution is 0.467. The van der Waals surface area contributed by atoms with Gasteiger partial charge in [-0.2, -0.15) is 5.26 Å². The summed E-state index contributed by atoms with van der Waals surface area (Å²) in [6.45, 7) is 2.42. The molecule has 0 saturated carbocycles. The van der Waals surface area contributed by atoms with Gasteiger partial charge in [-0.05, 0) is 30.0 Å². The van der Waals surface area contributed by atoms with Gasteiger partial charge in [0.1, 0.15) is 23.2 Å². The molecule has 6 heteroatoms. The van der Waals surface area contributed by atoms with Gasteiger partial charge in [-0.1, -0.05) is 13.0 Å². The van der Waals surface area contributed by atoms with Gasteiger partial charge in [0.25, 0.3) is 0 Å². The molecule has 1 aliphatic rings. The van der Waals surface area contributed by atoms with E-state index in [0.29, 0.717) is 30.8 Å². The number of aromatic nitrogens is 1. The van der Waals surface area contributed by atoms with Crippen molar-refractivity contribution in [1.82, 2.24) is 4.98 Å². The molecule has 1 aromatic heterocycles. The quantitative estimate of drug-likeness (QED) is 0.922. The highest BCUT2D eigenvalue weighted by atomic mass is 19.2. The van der Waals surface area contributed by atoms with E-state index in [9.17, 15) is 13.9 Å². The number of hydrogen-bond acceptors (Lipinski definition) is 4. The van der Waals surface area contributed by atoms with Crippen molar-refractivity contribution in [2.75, 3.05) is 11.4 Å². The topological polar surface area (TPSA) is 60.1 Å². The number of fused-ring (bicyclic) bond motifs is 1. The Labute approximate surface area is 132 Å². The van der Waals surface area contributed by atoms with E-state index >= 15 is 0 Å². The van der Waals surface area contributed by atoms with Gasteiger partial charge in [0.05, 0.1) is 12.2 Å². The molecule has 2 heterocycles. The molecule has 4 nitrogen and oxygen atoms in total. The molecule has 1 unspecified atom stereocenters. The van der Waals surface area contributed by atoms with E-state index in [4.69, 9.17) is 5.26 Å².